The van der Waals surface area contributed by atoms with Gasteiger partial charge in [0.25, 0.3) is 0 Å². The monoisotopic (exact) mass is 288 g/mol. The van der Waals surface area contributed by atoms with Crippen LogP contribution in [0.5, 0.6) is 0 Å². The minimum absolute atomic E-state index is 0.480. The largest absolute Gasteiger partial charge is 0.298 e. The third-order valence-electron chi connectivity index (χ3n) is 2.78. The predicted octanol–water partition coefficient (Wildman–Crippen LogP) is 4.71. The Bertz CT molecular complexity index is 588. The zero-order valence-electron chi connectivity index (χ0n) is 10.5. The van der Waals surface area contributed by atoms with E-state index in [1.807, 2.05) is 60.9 Å². The highest BCUT2D eigenvalue weighted by Gasteiger charge is 2.08. The number of carbonyl (C=O) groups is 1. The number of rotatable bonds is 4. The van der Waals surface area contributed by atoms with Crippen LogP contribution in [0.2, 0.25) is 0 Å². The molecule has 0 aliphatic carbocycles. The van der Waals surface area contributed by atoms with Crippen LogP contribution in [0.4, 0.5) is 0 Å². The maximum absolute atomic E-state index is 11.3. The van der Waals surface area contributed by atoms with E-state index in [9.17, 15) is 4.79 Å². The van der Waals surface area contributed by atoms with Gasteiger partial charge in [-0.15, -0.1) is 11.8 Å². The summed E-state index contributed by atoms with van der Waals surface area (Å²) >= 11 is 8.02. The molecule has 0 amide bonds. The maximum atomic E-state index is 11.3. The summed E-state index contributed by atoms with van der Waals surface area (Å²) in [6.07, 6.45) is 2.83. The Morgan fingerprint density at radius 1 is 1.00 bits per heavy atom. The lowest BCUT2D eigenvalue weighted by atomic mass is 10.0. The molecule has 2 rings (SSSR count). The Labute approximate surface area is 122 Å². The van der Waals surface area contributed by atoms with E-state index in [-0.39, 0.29) is 0 Å². The van der Waals surface area contributed by atoms with Crippen molar-refractivity contribution in [3.63, 3.8) is 0 Å². The second-order valence-corrected chi connectivity index (χ2v) is 5.20. The van der Waals surface area contributed by atoms with Crippen molar-refractivity contribution in [3.8, 4) is 0 Å². The average Bonchev–Trinajstić information content (AvgIpc) is 2.49. The highest BCUT2D eigenvalue weighted by atomic mass is 35.5. The van der Waals surface area contributed by atoms with E-state index in [0.717, 1.165) is 17.4 Å². The van der Waals surface area contributed by atoms with Gasteiger partial charge in [0.15, 0.2) is 6.29 Å². The van der Waals surface area contributed by atoms with E-state index in [1.54, 1.807) is 11.8 Å². The van der Waals surface area contributed by atoms with Gasteiger partial charge in [-0.05, 0) is 29.5 Å². The first kappa shape index (κ1) is 13.9. The van der Waals surface area contributed by atoms with Crippen LogP contribution in [-0.4, -0.2) is 12.5 Å². The van der Waals surface area contributed by atoms with Crippen molar-refractivity contribution in [3.05, 3.63) is 65.7 Å². The summed E-state index contributed by atoms with van der Waals surface area (Å²) in [5, 5.41) is 0.480. The molecular formula is C16H13ClOS. The van der Waals surface area contributed by atoms with Crippen LogP contribution in [0.3, 0.4) is 0 Å². The van der Waals surface area contributed by atoms with Crippen molar-refractivity contribution < 1.29 is 4.79 Å². The zero-order valence-corrected chi connectivity index (χ0v) is 12.0. The van der Waals surface area contributed by atoms with Crippen LogP contribution in [0, 0.1) is 0 Å². The van der Waals surface area contributed by atoms with Crippen LogP contribution >= 0.6 is 23.4 Å². The van der Waals surface area contributed by atoms with Crippen molar-refractivity contribution in [2.24, 2.45) is 0 Å². The number of hydrogen-bond donors (Lipinski definition) is 0. The number of thioether (sulfide) groups is 1. The van der Waals surface area contributed by atoms with E-state index in [0.29, 0.717) is 10.6 Å². The van der Waals surface area contributed by atoms with Crippen molar-refractivity contribution in [1.29, 1.82) is 0 Å². The SMILES string of the molecule is CSc1ccc(/C(Cl)=C(\C=O)c2ccccc2)cc1. The quantitative estimate of drug-likeness (QED) is 0.351. The molecule has 19 heavy (non-hydrogen) atoms. The highest BCUT2D eigenvalue weighted by Crippen LogP contribution is 2.29. The number of benzene rings is 2. The summed E-state index contributed by atoms with van der Waals surface area (Å²) in [6.45, 7) is 0. The Morgan fingerprint density at radius 3 is 2.16 bits per heavy atom. The van der Waals surface area contributed by atoms with Gasteiger partial charge in [-0.2, -0.15) is 0 Å². The molecule has 0 saturated carbocycles. The molecule has 0 aliphatic rings. The topological polar surface area (TPSA) is 17.1 Å². The van der Waals surface area contributed by atoms with Gasteiger partial charge in [-0.25, -0.2) is 0 Å². The molecule has 0 unspecified atom stereocenters. The Balaban J connectivity index is 2.45. The number of allylic oxidation sites excluding steroid dienone is 1. The minimum atomic E-state index is 0.480. The summed E-state index contributed by atoms with van der Waals surface area (Å²) < 4.78 is 0. The van der Waals surface area contributed by atoms with Gasteiger partial charge in [-0.1, -0.05) is 54.1 Å². The van der Waals surface area contributed by atoms with Gasteiger partial charge < -0.3 is 0 Å². The molecule has 0 fully saturated rings. The highest BCUT2D eigenvalue weighted by molar-refractivity contribution is 7.98. The third kappa shape index (κ3) is 3.28. The minimum Gasteiger partial charge on any atom is -0.298 e. The fourth-order valence-electron chi connectivity index (χ4n) is 1.76. The van der Waals surface area contributed by atoms with Gasteiger partial charge in [-0.3, -0.25) is 4.79 Å². The van der Waals surface area contributed by atoms with Gasteiger partial charge in [0.1, 0.15) is 0 Å². The van der Waals surface area contributed by atoms with Crippen molar-refractivity contribution in [2.75, 3.05) is 6.26 Å². The Kier molecular flexibility index (Phi) is 4.83. The first-order chi connectivity index (χ1) is 9.26. The molecule has 0 radical (unpaired) electrons. The lowest BCUT2D eigenvalue weighted by Crippen LogP contribution is -1.89. The molecule has 1 nitrogen and oxygen atoms in total. The molecule has 0 aliphatic heterocycles. The van der Waals surface area contributed by atoms with Crippen LogP contribution in [0.15, 0.2) is 59.5 Å². The standard InChI is InChI=1S/C16H13ClOS/c1-19-14-9-7-13(8-10-14)16(17)15(11-18)12-5-3-2-4-6-12/h2-11H,1H3/b16-15-. The van der Waals surface area contributed by atoms with Gasteiger partial charge in [0.2, 0.25) is 0 Å². The second kappa shape index (κ2) is 6.60. The molecule has 96 valence electrons. The van der Waals surface area contributed by atoms with Crippen LogP contribution in [0.1, 0.15) is 11.1 Å². The Morgan fingerprint density at radius 2 is 1.63 bits per heavy atom. The number of aldehydes is 1. The van der Waals surface area contributed by atoms with E-state index in [2.05, 4.69) is 0 Å². The normalized spacial score (nSPS) is 11.9. The summed E-state index contributed by atoms with van der Waals surface area (Å²) in [6, 6.07) is 17.3. The molecule has 0 saturated heterocycles. The fraction of sp³-hybridized carbons (Fsp3) is 0.0625. The van der Waals surface area contributed by atoms with Crippen molar-refractivity contribution >= 4 is 40.3 Å². The summed E-state index contributed by atoms with van der Waals surface area (Å²) in [7, 11) is 0. The first-order valence-electron chi connectivity index (χ1n) is 5.81. The molecule has 2 aromatic carbocycles. The lowest BCUT2D eigenvalue weighted by molar-refractivity contribution is -0.103. The maximum Gasteiger partial charge on any atom is 0.152 e. The van der Waals surface area contributed by atoms with Crippen molar-refractivity contribution in [2.45, 2.75) is 4.90 Å². The molecule has 0 N–H and O–H groups in total. The van der Waals surface area contributed by atoms with Crippen LogP contribution in [0.25, 0.3) is 10.6 Å². The first-order valence-corrected chi connectivity index (χ1v) is 7.41. The average molecular weight is 289 g/mol. The summed E-state index contributed by atoms with van der Waals surface area (Å²) in [5.74, 6) is 0. The predicted molar refractivity (Wildman–Crippen MR) is 83.4 cm³/mol. The molecule has 0 heterocycles. The lowest BCUT2D eigenvalue weighted by Gasteiger charge is -2.06. The van der Waals surface area contributed by atoms with Crippen LogP contribution < -0.4 is 0 Å². The molecule has 2 aromatic rings. The third-order valence-corrected chi connectivity index (χ3v) is 3.95. The molecule has 3 heteroatoms. The Hall–Kier alpha value is -1.51. The van der Waals surface area contributed by atoms with Gasteiger partial charge in [0, 0.05) is 10.5 Å². The summed E-state index contributed by atoms with van der Waals surface area (Å²) in [5.41, 5.74) is 2.20. The summed E-state index contributed by atoms with van der Waals surface area (Å²) in [4.78, 5) is 12.5. The fourth-order valence-corrected chi connectivity index (χ4v) is 2.44. The van der Waals surface area contributed by atoms with E-state index >= 15 is 0 Å². The van der Waals surface area contributed by atoms with E-state index in [4.69, 9.17) is 11.6 Å². The number of halogens is 1. The smallest absolute Gasteiger partial charge is 0.152 e. The molecule has 0 spiro atoms. The van der Waals surface area contributed by atoms with Gasteiger partial charge in [0.05, 0.1) is 5.03 Å². The van der Waals surface area contributed by atoms with Gasteiger partial charge >= 0.3 is 0 Å². The number of hydrogen-bond acceptors (Lipinski definition) is 2. The molecule has 0 bridgehead atoms. The van der Waals surface area contributed by atoms with E-state index in [1.165, 1.54) is 4.90 Å². The molecule has 0 aromatic heterocycles. The van der Waals surface area contributed by atoms with E-state index < -0.39 is 0 Å². The van der Waals surface area contributed by atoms with Crippen LogP contribution in [-0.2, 0) is 4.79 Å². The zero-order chi connectivity index (χ0) is 13.7. The molecular weight excluding hydrogens is 276 g/mol. The number of carbonyl (C=O) groups excluding carboxylic acids is 1. The second-order valence-electron chi connectivity index (χ2n) is 3.94. The van der Waals surface area contributed by atoms with Crippen molar-refractivity contribution in [1.82, 2.24) is 0 Å². The molecule has 0 atom stereocenters.